The fourth-order valence-corrected chi connectivity index (χ4v) is 2.25. The average Bonchev–Trinajstić information content (AvgIpc) is 2.88. The van der Waals surface area contributed by atoms with Gasteiger partial charge >= 0.3 is 5.97 Å². The van der Waals surface area contributed by atoms with Gasteiger partial charge in [-0.2, -0.15) is 0 Å². The number of rotatable bonds is 3. The Morgan fingerprint density at radius 3 is 2.48 bits per heavy atom. The van der Waals surface area contributed by atoms with Gasteiger partial charge < -0.3 is 19.1 Å². The minimum absolute atomic E-state index is 0.0656. The van der Waals surface area contributed by atoms with Crippen LogP contribution in [0.1, 0.15) is 26.4 Å². The third-order valence-electron chi connectivity index (χ3n) is 3.29. The second-order valence-electron chi connectivity index (χ2n) is 4.72. The number of carbonyl (C=O) groups excluding carboxylic acids is 1. The molecule has 0 amide bonds. The molecule has 0 saturated heterocycles. The number of fused-ring (bicyclic) bond motifs is 1. The van der Waals surface area contributed by atoms with Crippen LogP contribution in [0.3, 0.4) is 0 Å². The first-order chi connectivity index (χ1) is 10.1. The standard InChI is InChI=1S/C15H13NO5/c1-16-8-10(6-11(16)15(18)19)14(17)9-2-3-12-13(7-9)21-5-4-20-12/h2-3,6-8H,4-5H2,1H3,(H,18,19). The highest BCUT2D eigenvalue weighted by Gasteiger charge is 2.19. The Balaban J connectivity index is 1.95. The number of aryl methyl sites for hydroxylation is 1. The van der Waals surface area contributed by atoms with E-state index in [4.69, 9.17) is 14.6 Å². The van der Waals surface area contributed by atoms with Crippen LogP contribution in [0.4, 0.5) is 0 Å². The summed E-state index contributed by atoms with van der Waals surface area (Å²) in [5.41, 5.74) is 0.823. The van der Waals surface area contributed by atoms with Gasteiger partial charge in [-0.05, 0) is 24.3 Å². The predicted molar refractivity (Wildman–Crippen MR) is 73.2 cm³/mol. The monoisotopic (exact) mass is 287 g/mol. The molecule has 1 aliphatic rings. The zero-order valence-electron chi connectivity index (χ0n) is 11.3. The lowest BCUT2D eigenvalue weighted by Crippen LogP contribution is -2.15. The Labute approximate surface area is 120 Å². The quantitative estimate of drug-likeness (QED) is 0.870. The third-order valence-corrected chi connectivity index (χ3v) is 3.29. The number of carbonyl (C=O) groups is 2. The van der Waals surface area contributed by atoms with Crippen molar-refractivity contribution in [1.82, 2.24) is 4.57 Å². The van der Waals surface area contributed by atoms with Gasteiger partial charge in [0.2, 0.25) is 0 Å². The van der Waals surface area contributed by atoms with Gasteiger partial charge in [-0.3, -0.25) is 4.79 Å². The highest BCUT2D eigenvalue weighted by Crippen LogP contribution is 2.31. The number of nitrogens with zero attached hydrogens (tertiary/aromatic N) is 1. The summed E-state index contributed by atoms with van der Waals surface area (Å²) in [6.45, 7) is 0.931. The van der Waals surface area contributed by atoms with Crippen molar-refractivity contribution < 1.29 is 24.2 Å². The van der Waals surface area contributed by atoms with Crippen molar-refractivity contribution in [1.29, 1.82) is 0 Å². The van der Waals surface area contributed by atoms with E-state index in [1.54, 1.807) is 25.2 Å². The molecule has 0 aliphatic carbocycles. The van der Waals surface area contributed by atoms with Crippen LogP contribution in [0.25, 0.3) is 0 Å². The molecule has 108 valence electrons. The normalized spacial score (nSPS) is 13.0. The number of carboxylic acids is 1. The first-order valence-corrected chi connectivity index (χ1v) is 6.40. The van der Waals surface area contributed by atoms with E-state index in [2.05, 4.69) is 0 Å². The van der Waals surface area contributed by atoms with Crippen LogP contribution >= 0.6 is 0 Å². The lowest BCUT2D eigenvalue weighted by Gasteiger charge is -2.18. The SMILES string of the molecule is Cn1cc(C(=O)c2ccc3c(c2)OCCO3)cc1C(=O)O. The average molecular weight is 287 g/mol. The smallest absolute Gasteiger partial charge is 0.352 e. The first-order valence-electron chi connectivity index (χ1n) is 6.40. The summed E-state index contributed by atoms with van der Waals surface area (Å²) in [7, 11) is 1.59. The van der Waals surface area contributed by atoms with Gasteiger partial charge in [0.1, 0.15) is 18.9 Å². The molecule has 1 aromatic carbocycles. The summed E-state index contributed by atoms with van der Waals surface area (Å²) >= 11 is 0. The fourth-order valence-electron chi connectivity index (χ4n) is 2.25. The molecule has 6 nitrogen and oxygen atoms in total. The lowest BCUT2D eigenvalue weighted by atomic mass is 10.1. The molecule has 0 unspecified atom stereocenters. The second-order valence-corrected chi connectivity index (χ2v) is 4.72. The summed E-state index contributed by atoms with van der Waals surface area (Å²) in [6.07, 6.45) is 1.50. The highest BCUT2D eigenvalue weighted by atomic mass is 16.6. The molecule has 0 radical (unpaired) electrons. The van der Waals surface area contributed by atoms with Crippen molar-refractivity contribution in [2.24, 2.45) is 7.05 Å². The van der Waals surface area contributed by atoms with Gasteiger partial charge in [0.05, 0.1) is 0 Å². The minimum atomic E-state index is -1.07. The first kappa shape index (κ1) is 13.2. The number of carboxylic acid groups (broad SMARTS) is 1. The van der Waals surface area contributed by atoms with Crippen molar-refractivity contribution in [3.63, 3.8) is 0 Å². The Morgan fingerprint density at radius 1 is 1.10 bits per heavy atom. The topological polar surface area (TPSA) is 77.8 Å². The van der Waals surface area contributed by atoms with E-state index in [0.29, 0.717) is 35.8 Å². The number of aromatic carboxylic acids is 1. The zero-order valence-corrected chi connectivity index (χ0v) is 11.3. The van der Waals surface area contributed by atoms with E-state index >= 15 is 0 Å². The number of aromatic nitrogens is 1. The Hall–Kier alpha value is -2.76. The molecule has 0 atom stereocenters. The molecule has 2 aromatic rings. The van der Waals surface area contributed by atoms with Crippen LogP contribution in [0.15, 0.2) is 30.5 Å². The van der Waals surface area contributed by atoms with E-state index < -0.39 is 5.97 Å². The fraction of sp³-hybridized carbons (Fsp3) is 0.200. The molecule has 0 fully saturated rings. The minimum Gasteiger partial charge on any atom is -0.486 e. The van der Waals surface area contributed by atoms with E-state index in [0.717, 1.165) is 0 Å². The Kier molecular flexibility index (Phi) is 3.13. The number of ether oxygens (including phenoxy) is 2. The van der Waals surface area contributed by atoms with Crippen molar-refractivity contribution >= 4 is 11.8 Å². The number of hydrogen-bond donors (Lipinski definition) is 1. The van der Waals surface area contributed by atoms with Gasteiger partial charge in [0.25, 0.3) is 0 Å². The van der Waals surface area contributed by atoms with Crippen LogP contribution in [0.5, 0.6) is 11.5 Å². The second kappa shape index (κ2) is 4.97. The van der Waals surface area contributed by atoms with Crippen LogP contribution in [0.2, 0.25) is 0 Å². The van der Waals surface area contributed by atoms with Crippen LogP contribution < -0.4 is 9.47 Å². The molecule has 0 bridgehead atoms. The molecule has 1 aromatic heterocycles. The van der Waals surface area contributed by atoms with Crippen LogP contribution in [-0.2, 0) is 7.05 Å². The van der Waals surface area contributed by atoms with Gasteiger partial charge in [-0.1, -0.05) is 0 Å². The van der Waals surface area contributed by atoms with E-state index in [9.17, 15) is 9.59 Å². The summed E-state index contributed by atoms with van der Waals surface area (Å²) in [5, 5.41) is 9.02. The van der Waals surface area contributed by atoms with Gasteiger partial charge in [0.15, 0.2) is 17.3 Å². The number of hydrogen-bond acceptors (Lipinski definition) is 4. The molecule has 21 heavy (non-hydrogen) atoms. The van der Waals surface area contributed by atoms with Gasteiger partial charge in [-0.15, -0.1) is 0 Å². The van der Waals surface area contributed by atoms with Crippen molar-refractivity contribution in [3.8, 4) is 11.5 Å². The van der Waals surface area contributed by atoms with Gasteiger partial charge in [0, 0.05) is 24.4 Å². The largest absolute Gasteiger partial charge is 0.486 e. The maximum absolute atomic E-state index is 12.4. The highest BCUT2D eigenvalue weighted by molar-refractivity contribution is 6.10. The number of benzene rings is 1. The Bertz CT molecular complexity index is 732. The maximum Gasteiger partial charge on any atom is 0.352 e. The molecule has 1 aliphatic heterocycles. The maximum atomic E-state index is 12.4. The summed E-state index contributed by atoms with van der Waals surface area (Å²) in [4.78, 5) is 23.4. The molecule has 6 heteroatoms. The summed E-state index contributed by atoms with van der Waals surface area (Å²) in [6, 6.07) is 6.30. The van der Waals surface area contributed by atoms with Crippen molar-refractivity contribution in [3.05, 3.63) is 47.3 Å². The lowest BCUT2D eigenvalue weighted by molar-refractivity contribution is 0.0686. The molecule has 0 spiro atoms. The predicted octanol–water partition coefficient (Wildman–Crippen LogP) is 1.73. The number of ketones is 1. The Morgan fingerprint density at radius 2 is 1.81 bits per heavy atom. The summed E-state index contributed by atoms with van der Waals surface area (Å²) < 4.78 is 12.3. The van der Waals surface area contributed by atoms with E-state index in [1.807, 2.05) is 0 Å². The molecular weight excluding hydrogens is 274 g/mol. The van der Waals surface area contributed by atoms with Crippen molar-refractivity contribution in [2.45, 2.75) is 0 Å². The van der Waals surface area contributed by atoms with Crippen LogP contribution in [0, 0.1) is 0 Å². The van der Waals surface area contributed by atoms with Crippen molar-refractivity contribution in [2.75, 3.05) is 13.2 Å². The van der Waals surface area contributed by atoms with Gasteiger partial charge in [-0.25, -0.2) is 4.79 Å². The molecule has 1 N–H and O–H groups in total. The third kappa shape index (κ3) is 2.35. The molecular formula is C15H13NO5. The van der Waals surface area contributed by atoms with E-state index in [-0.39, 0.29) is 11.5 Å². The molecule has 2 heterocycles. The van der Waals surface area contributed by atoms with E-state index in [1.165, 1.54) is 16.8 Å². The zero-order chi connectivity index (χ0) is 15.0. The van der Waals surface area contributed by atoms with Crippen LogP contribution in [-0.4, -0.2) is 34.6 Å². The summed E-state index contributed by atoms with van der Waals surface area (Å²) in [5.74, 6) is -0.188. The molecule has 3 rings (SSSR count). The molecule has 0 saturated carbocycles.